The first kappa shape index (κ1) is 25.4. The number of nitrogens with zero attached hydrogens (tertiary/aromatic N) is 3. The summed E-state index contributed by atoms with van der Waals surface area (Å²) in [5, 5.41) is 6.01. The van der Waals surface area contributed by atoms with Crippen molar-refractivity contribution in [1.29, 1.82) is 0 Å². The Hall–Kier alpha value is -3.74. The molecule has 0 saturated heterocycles. The third-order valence-electron chi connectivity index (χ3n) is 4.94. The van der Waals surface area contributed by atoms with Crippen molar-refractivity contribution >= 4 is 66.4 Å². The summed E-state index contributed by atoms with van der Waals surface area (Å²) < 4.78 is 29.7. The third kappa shape index (κ3) is 5.56. The van der Waals surface area contributed by atoms with Crippen LogP contribution >= 0.6 is 31.9 Å². The van der Waals surface area contributed by atoms with E-state index < -0.39 is 23.4 Å². The Labute approximate surface area is 220 Å². The highest BCUT2D eigenvalue weighted by Gasteiger charge is 2.26. The molecule has 0 bridgehead atoms. The van der Waals surface area contributed by atoms with Crippen LogP contribution in [0.25, 0.3) is 0 Å². The van der Waals surface area contributed by atoms with Crippen LogP contribution in [0.2, 0.25) is 0 Å². The number of carbonyl (C=O) groups is 2. The molecule has 2 heterocycles. The van der Waals surface area contributed by atoms with Crippen LogP contribution < -0.4 is 16.5 Å². The predicted molar refractivity (Wildman–Crippen MR) is 138 cm³/mol. The molecule has 0 spiro atoms. The van der Waals surface area contributed by atoms with E-state index in [0.29, 0.717) is 14.0 Å². The highest BCUT2D eigenvalue weighted by Crippen LogP contribution is 2.28. The molecular weight excluding hydrogens is 602 g/mol. The number of halogens is 4. The topological polar surface area (TPSA) is 113 Å². The molecule has 4 rings (SSSR count). The molecule has 0 unspecified atom stereocenters. The summed E-state index contributed by atoms with van der Waals surface area (Å²) in [7, 11) is 0. The monoisotopic (exact) mass is 616 g/mol. The van der Waals surface area contributed by atoms with Gasteiger partial charge in [0, 0.05) is 21.3 Å². The van der Waals surface area contributed by atoms with Crippen LogP contribution in [-0.2, 0) is 0 Å². The summed E-state index contributed by atoms with van der Waals surface area (Å²) in [4.78, 5) is 34.3. The number of rotatable bonds is 6. The van der Waals surface area contributed by atoms with Crippen molar-refractivity contribution < 1.29 is 18.4 Å². The molecule has 0 aliphatic heterocycles. The van der Waals surface area contributed by atoms with Crippen molar-refractivity contribution in [3.63, 3.8) is 0 Å². The first-order valence-electron chi connectivity index (χ1n) is 10.2. The Morgan fingerprint density at radius 3 is 1.53 bits per heavy atom. The van der Waals surface area contributed by atoms with Gasteiger partial charge in [-0.3, -0.25) is 19.6 Å². The fraction of sp³-hybridized carbons (Fsp3) is 0. The molecule has 0 radical (unpaired) electrons. The number of hydrazine groups is 1. The Morgan fingerprint density at radius 1 is 0.722 bits per heavy atom. The van der Waals surface area contributed by atoms with Gasteiger partial charge in [0.2, 0.25) is 0 Å². The molecule has 2 aromatic heterocycles. The zero-order valence-electron chi connectivity index (χ0n) is 18.2. The maximum atomic E-state index is 14.3. The summed E-state index contributed by atoms with van der Waals surface area (Å²) in [5.41, 5.74) is 0.407. The first-order valence-corrected chi connectivity index (χ1v) is 11.8. The summed E-state index contributed by atoms with van der Waals surface area (Å²) >= 11 is 6.37. The number of aromatic nitrogens is 2. The fourth-order valence-electron chi connectivity index (χ4n) is 3.18. The second-order valence-electron chi connectivity index (χ2n) is 7.32. The molecule has 2 amide bonds. The van der Waals surface area contributed by atoms with Gasteiger partial charge in [-0.05, 0) is 48.5 Å². The Morgan fingerprint density at radius 2 is 1.14 bits per heavy atom. The van der Waals surface area contributed by atoms with Gasteiger partial charge in [0.25, 0.3) is 11.8 Å². The van der Waals surface area contributed by atoms with E-state index in [9.17, 15) is 18.4 Å². The number of nitrogens with two attached hydrogens (primary N) is 1. The maximum absolute atomic E-state index is 14.3. The summed E-state index contributed by atoms with van der Waals surface area (Å²) in [6, 6.07) is 11.4. The zero-order chi connectivity index (χ0) is 25.8. The van der Waals surface area contributed by atoms with Gasteiger partial charge in [-0.25, -0.2) is 19.6 Å². The largest absolute Gasteiger partial charge is 0.351 e. The molecule has 0 aliphatic rings. The van der Waals surface area contributed by atoms with E-state index in [4.69, 9.17) is 5.84 Å². The van der Waals surface area contributed by atoms with Crippen molar-refractivity contribution in [3.8, 4) is 0 Å². The maximum Gasteiger partial charge on any atom is 0.277 e. The van der Waals surface area contributed by atoms with E-state index >= 15 is 0 Å². The molecule has 0 aliphatic carbocycles. The molecule has 0 saturated carbocycles. The average Bonchev–Trinajstić information content (AvgIpc) is 2.87. The highest BCUT2D eigenvalue weighted by molar-refractivity contribution is 9.10. The van der Waals surface area contributed by atoms with Crippen LogP contribution in [0.5, 0.6) is 0 Å². The lowest BCUT2D eigenvalue weighted by molar-refractivity contribution is 0.0616. The van der Waals surface area contributed by atoms with Crippen molar-refractivity contribution in [2.45, 2.75) is 0 Å². The van der Waals surface area contributed by atoms with Crippen molar-refractivity contribution in [1.82, 2.24) is 15.0 Å². The van der Waals surface area contributed by atoms with Gasteiger partial charge in [-0.15, -0.1) is 0 Å². The van der Waals surface area contributed by atoms with E-state index in [1.54, 1.807) is 12.1 Å². The van der Waals surface area contributed by atoms with Crippen molar-refractivity contribution in [2.75, 3.05) is 10.6 Å². The number of nitrogens with one attached hydrogen (secondary N) is 2. The van der Waals surface area contributed by atoms with Crippen LogP contribution in [0, 0.1) is 11.6 Å². The quantitative estimate of drug-likeness (QED) is 0.106. The molecule has 4 N–H and O–H groups in total. The van der Waals surface area contributed by atoms with E-state index in [1.165, 1.54) is 61.2 Å². The molecule has 8 nitrogen and oxygen atoms in total. The number of carbonyl (C=O) groups excluding carboxylic acids is 2. The van der Waals surface area contributed by atoms with Crippen molar-refractivity contribution in [2.24, 2.45) is 5.84 Å². The lowest BCUT2D eigenvalue weighted by Gasteiger charge is -2.19. The third-order valence-corrected chi connectivity index (χ3v) is 5.93. The van der Waals surface area contributed by atoms with Crippen LogP contribution in [0.15, 0.2) is 82.3 Å². The average molecular weight is 618 g/mol. The lowest BCUT2D eigenvalue weighted by atomic mass is 10.1. The van der Waals surface area contributed by atoms with Gasteiger partial charge >= 0.3 is 0 Å². The second-order valence-corrected chi connectivity index (χ2v) is 9.15. The summed E-state index contributed by atoms with van der Waals surface area (Å²) in [6.45, 7) is 0. The van der Waals surface area contributed by atoms with E-state index in [-0.39, 0.29) is 33.9 Å². The van der Waals surface area contributed by atoms with Gasteiger partial charge in [-0.1, -0.05) is 31.9 Å². The number of hydrogen-bond acceptors (Lipinski definition) is 7. The predicted octanol–water partition coefficient (Wildman–Crippen LogP) is 5.92. The SMILES string of the molecule is NN(C(=O)c1ccncc1Nc1ccc(Br)cc1F)C(=O)c1ccncc1Nc1ccc(Br)cc1F. The van der Waals surface area contributed by atoms with Crippen LogP contribution in [0.1, 0.15) is 20.7 Å². The minimum atomic E-state index is -0.875. The number of pyridine rings is 2. The van der Waals surface area contributed by atoms with Gasteiger partial charge < -0.3 is 10.6 Å². The molecule has 0 fully saturated rings. The Balaban J connectivity index is 1.60. The Kier molecular flexibility index (Phi) is 7.67. The minimum Gasteiger partial charge on any atom is -0.351 e. The van der Waals surface area contributed by atoms with Crippen molar-refractivity contribution in [3.05, 3.63) is 105 Å². The Bertz CT molecular complexity index is 1360. The normalized spacial score (nSPS) is 10.6. The molecule has 182 valence electrons. The number of amides is 2. The summed E-state index contributed by atoms with van der Waals surface area (Å²) in [6.07, 6.45) is 5.29. The van der Waals surface area contributed by atoms with E-state index in [2.05, 4.69) is 52.5 Å². The van der Waals surface area contributed by atoms with Crippen LogP contribution in [-0.4, -0.2) is 26.8 Å². The lowest BCUT2D eigenvalue weighted by Crippen LogP contribution is -2.43. The van der Waals surface area contributed by atoms with Gasteiger partial charge in [0.1, 0.15) is 11.6 Å². The number of imide groups is 1. The number of benzene rings is 2. The fourth-order valence-corrected chi connectivity index (χ4v) is 3.85. The van der Waals surface area contributed by atoms with E-state index in [1.807, 2.05) is 0 Å². The number of hydrogen-bond donors (Lipinski definition) is 3. The van der Waals surface area contributed by atoms with Gasteiger partial charge in [0.05, 0.1) is 46.3 Å². The smallest absolute Gasteiger partial charge is 0.277 e. The summed E-state index contributed by atoms with van der Waals surface area (Å²) in [5.74, 6) is 3.04. The van der Waals surface area contributed by atoms with Gasteiger partial charge in [-0.2, -0.15) is 0 Å². The molecule has 36 heavy (non-hydrogen) atoms. The van der Waals surface area contributed by atoms with Crippen LogP contribution in [0.3, 0.4) is 0 Å². The zero-order valence-corrected chi connectivity index (χ0v) is 21.3. The minimum absolute atomic E-state index is 0.0225. The molecular formula is C24H16Br2F2N6O2. The highest BCUT2D eigenvalue weighted by atomic mass is 79.9. The molecule has 2 aromatic carbocycles. The first-order chi connectivity index (χ1) is 17.2. The van der Waals surface area contributed by atoms with Gasteiger partial charge in [0.15, 0.2) is 0 Å². The molecule has 0 atom stereocenters. The van der Waals surface area contributed by atoms with Crippen LogP contribution in [0.4, 0.5) is 31.5 Å². The number of anilines is 4. The van der Waals surface area contributed by atoms with E-state index in [0.717, 1.165) is 0 Å². The standard InChI is InChI=1S/C24H16Br2F2N6O2/c25-13-1-3-19(17(27)9-13)32-21-11-30-7-5-15(21)23(35)34(29)24(36)16-6-8-31-12-22(16)33-20-4-2-14(26)10-18(20)28/h1-12,32-33H,29H2. The molecule has 4 aromatic rings. The molecule has 12 heteroatoms. The second kappa shape index (κ2) is 10.9.